The predicted molar refractivity (Wildman–Crippen MR) is 140 cm³/mol. The number of phosphoric acid groups is 1. The van der Waals surface area contributed by atoms with Gasteiger partial charge in [0, 0.05) is 0 Å². The molecule has 0 aliphatic carbocycles. The van der Waals surface area contributed by atoms with Crippen LogP contribution in [0, 0.1) is 0 Å². The van der Waals surface area contributed by atoms with Gasteiger partial charge in [0.1, 0.15) is 42.4 Å². The van der Waals surface area contributed by atoms with Gasteiger partial charge in [-0.15, -0.1) is 0 Å². The molecule has 6 rings (SSSR count). The summed E-state index contributed by atoms with van der Waals surface area (Å²) in [4.78, 5) is 43.4. The van der Waals surface area contributed by atoms with E-state index in [2.05, 4.69) is 29.9 Å². The van der Waals surface area contributed by atoms with Crippen LogP contribution in [0.1, 0.15) is 6.23 Å². The molecule has 4 aromatic heterocycles. The fourth-order valence-electron chi connectivity index (χ4n) is 4.85. The number of hydrogen-bond acceptors (Lipinski definition) is 16. The summed E-state index contributed by atoms with van der Waals surface area (Å²) >= 11 is 6.71. The Balaban J connectivity index is 1.19. The molecule has 42 heavy (non-hydrogen) atoms. The van der Waals surface area contributed by atoms with Crippen LogP contribution in [0.3, 0.4) is 0 Å². The lowest BCUT2D eigenvalue weighted by Gasteiger charge is -2.27. The number of imidazole rings is 2. The zero-order valence-corrected chi connectivity index (χ0v) is 22.8. The molecule has 0 bridgehead atoms. The van der Waals surface area contributed by atoms with Crippen LogP contribution in [0.2, 0.25) is 0 Å². The average molecular weight is 631 g/mol. The molecule has 226 valence electrons. The molecule has 0 spiro atoms. The van der Waals surface area contributed by atoms with Gasteiger partial charge in [-0.05, 0) is 0 Å². The van der Waals surface area contributed by atoms with Crippen molar-refractivity contribution in [3.05, 3.63) is 29.3 Å². The third-order valence-electron chi connectivity index (χ3n) is 6.94. The standard InChI is InChI=1S/C20H24ClN10O10P/c21-20(31-6-27-9-14(22)24-4-25-15(9)31)3-38-8(13(20)34)2-39-42(36,37)41-12-11(33)7(1-32)40-18(12)30-5-26-10-16(30)28-19(23)29-17(10)35/h4-8,11-13,18,32-34H,1-3H2,(H,36,37)(H2,22,24,25)(H3,23,28,29,35)/t7-,8-,11-,12-,13-,18-,20-/m1/s1. The van der Waals surface area contributed by atoms with E-state index in [-0.39, 0.29) is 40.7 Å². The number of ether oxygens (including phenoxy) is 2. The van der Waals surface area contributed by atoms with Gasteiger partial charge in [-0.25, -0.2) is 24.5 Å². The van der Waals surface area contributed by atoms with Crippen molar-refractivity contribution in [3.63, 3.8) is 0 Å². The van der Waals surface area contributed by atoms with Gasteiger partial charge in [-0.3, -0.25) is 28.0 Å². The molecule has 20 nitrogen and oxygen atoms in total. The number of nitrogens with zero attached hydrogens (tertiary/aromatic N) is 7. The molecular formula is C20H24ClN10O10P. The summed E-state index contributed by atoms with van der Waals surface area (Å²) in [5, 5.41) is 31.4. The smallest absolute Gasteiger partial charge is 0.394 e. The van der Waals surface area contributed by atoms with E-state index in [4.69, 9.17) is 41.6 Å². The monoisotopic (exact) mass is 630 g/mol. The number of aliphatic hydroxyl groups is 3. The maximum Gasteiger partial charge on any atom is 0.472 e. The number of phosphoric ester groups is 1. The number of H-pyrrole nitrogens is 1. The quantitative estimate of drug-likeness (QED) is 0.0783. The van der Waals surface area contributed by atoms with Crippen molar-refractivity contribution in [1.29, 1.82) is 0 Å². The minimum absolute atomic E-state index is 0.0747. The highest BCUT2D eigenvalue weighted by Crippen LogP contribution is 2.50. The number of aromatic nitrogens is 8. The fraction of sp³-hybridized carbons (Fsp3) is 0.500. The topological polar surface area (TPSA) is 294 Å². The van der Waals surface area contributed by atoms with Gasteiger partial charge in [-0.2, -0.15) is 4.98 Å². The fourth-order valence-corrected chi connectivity index (χ4v) is 6.11. The van der Waals surface area contributed by atoms with E-state index in [1.807, 2.05) is 0 Å². The summed E-state index contributed by atoms with van der Waals surface area (Å²) in [6.45, 7) is -1.63. The Hall–Kier alpha value is -3.30. The molecule has 2 saturated heterocycles. The van der Waals surface area contributed by atoms with Crippen LogP contribution < -0.4 is 17.0 Å². The van der Waals surface area contributed by atoms with Crippen LogP contribution in [0.15, 0.2) is 23.8 Å². The van der Waals surface area contributed by atoms with Crippen molar-refractivity contribution in [2.24, 2.45) is 0 Å². The average Bonchev–Trinajstić information content (AvgIpc) is 3.70. The van der Waals surface area contributed by atoms with Gasteiger partial charge in [0.05, 0.1) is 32.5 Å². The maximum absolute atomic E-state index is 13.0. The minimum atomic E-state index is -5.02. The second-order valence-electron chi connectivity index (χ2n) is 9.51. The number of aromatic amines is 1. The van der Waals surface area contributed by atoms with Crippen molar-refractivity contribution >= 4 is 53.5 Å². The first-order chi connectivity index (χ1) is 19.9. The molecule has 0 radical (unpaired) electrons. The number of nitrogen functional groups attached to an aromatic ring is 2. The molecule has 0 amide bonds. The summed E-state index contributed by atoms with van der Waals surface area (Å²) in [6, 6.07) is 0. The van der Waals surface area contributed by atoms with Crippen LogP contribution in [-0.4, -0.2) is 110 Å². The molecule has 6 heterocycles. The zero-order chi connectivity index (χ0) is 30.0. The second-order valence-corrected chi connectivity index (χ2v) is 11.6. The summed E-state index contributed by atoms with van der Waals surface area (Å²) < 4.78 is 37.1. The molecule has 1 unspecified atom stereocenters. The Kier molecular flexibility index (Phi) is 7.17. The van der Waals surface area contributed by atoms with Gasteiger partial charge in [0.15, 0.2) is 33.9 Å². The van der Waals surface area contributed by atoms with Crippen molar-refractivity contribution in [3.8, 4) is 0 Å². The number of nitrogens with one attached hydrogen (secondary N) is 1. The van der Waals surface area contributed by atoms with Gasteiger partial charge >= 0.3 is 7.82 Å². The number of hydrogen-bond donors (Lipinski definition) is 7. The number of halogens is 1. The van der Waals surface area contributed by atoms with E-state index in [1.54, 1.807) is 0 Å². The molecule has 0 aromatic carbocycles. The first-order valence-corrected chi connectivity index (χ1v) is 14.1. The lowest BCUT2D eigenvalue weighted by atomic mass is 10.1. The predicted octanol–water partition coefficient (Wildman–Crippen LogP) is -2.47. The zero-order valence-electron chi connectivity index (χ0n) is 21.2. The molecule has 9 N–H and O–H groups in total. The van der Waals surface area contributed by atoms with E-state index in [1.165, 1.54) is 17.2 Å². The molecule has 22 heteroatoms. The van der Waals surface area contributed by atoms with Crippen LogP contribution in [0.4, 0.5) is 11.8 Å². The Labute approximate surface area is 238 Å². The van der Waals surface area contributed by atoms with Crippen molar-refractivity contribution in [1.82, 2.24) is 39.0 Å². The van der Waals surface area contributed by atoms with Crippen molar-refractivity contribution in [2.75, 3.05) is 31.3 Å². The van der Waals surface area contributed by atoms with Crippen LogP contribution in [0.25, 0.3) is 22.3 Å². The molecule has 4 aromatic rings. The SMILES string of the molecule is Nc1nc2c(ncn2[C@@H]2O[C@H](CO)[C@@H](O)[C@H]2OP(=O)(O)OC[C@H]2OC[C@@](Cl)(n3cnc4c(N)ncnc43)[C@@H]2O)c(=O)[nH]1. The minimum Gasteiger partial charge on any atom is -0.394 e. The van der Waals surface area contributed by atoms with E-state index in [0.29, 0.717) is 0 Å². The maximum atomic E-state index is 13.0. The van der Waals surface area contributed by atoms with Gasteiger partial charge in [0.2, 0.25) is 5.95 Å². The summed E-state index contributed by atoms with van der Waals surface area (Å²) in [7, 11) is -5.02. The van der Waals surface area contributed by atoms with E-state index in [0.717, 1.165) is 10.9 Å². The number of anilines is 2. The molecule has 2 aliphatic heterocycles. The van der Waals surface area contributed by atoms with Crippen molar-refractivity contribution in [2.45, 2.75) is 41.7 Å². The summed E-state index contributed by atoms with van der Waals surface area (Å²) in [6.07, 6.45) is -4.99. The Bertz CT molecular complexity index is 1750. The number of rotatable bonds is 8. The van der Waals surface area contributed by atoms with E-state index in [9.17, 15) is 29.6 Å². The van der Waals surface area contributed by atoms with Gasteiger partial charge < -0.3 is 41.2 Å². The third-order valence-corrected chi connectivity index (χ3v) is 8.44. The summed E-state index contributed by atoms with van der Waals surface area (Å²) in [5.41, 5.74) is 11.1. The van der Waals surface area contributed by atoms with Crippen LogP contribution in [0.5, 0.6) is 0 Å². The van der Waals surface area contributed by atoms with Gasteiger partial charge in [-0.1, -0.05) is 11.6 Å². The Morgan fingerprint density at radius 3 is 2.69 bits per heavy atom. The molecule has 2 aliphatic rings. The lowest BCUT2D eigenvalue weighted by molar-refractivity contribution is -0.0533. The summed E-state index contributed by atoms with van der Waals surface area (Å²) in [5.74, 6) is -0.148. The second kappa shape index (κ2) is 10.5. The highest BCUT2D eigenvalue weighted by atomic mass is 35.5. The van der Waals surface area contributed by atoms with Crippen LogP contribution >= 0.6 is 19.4 Å². The number of fused-ring (bicyclic) bond motifs is 2. The first-order valence-electron chi connectivity index (χ1n) is 12.2. The molecular weight excluding hydrogens is 607 g/mol. The Morgan fingerprint density at radius 2 is 1.93 bits per heavy atom. The highest BCUT2D eigenvalue weighted by molar-refractivity contribution is 7.47. The Morgan fingerprint density at radius 1 is 1.17 bits per heavy atom. The lowest BCUT2D eigenvalue weighted by Crippen LogP contribution is -2.42. The van der Waals surface area contributed by atoms with Crippen LogP contribution in [-0.2, 0) is 28.1 Å². The van der Waals surface area contributed by atoms with E-state index < -0.39 is 68.3 Å². The number of alkyl halides is 1. The molecule has 2 fully saturated rings. The van der Waals surface area contributed by atoms with E-state index >= 15 is 0 Å². The highest BCUT2D eigenvalue weighted by Gasteiger charge is 2.52. The number of aliphatic hydroxyl groups excluding tert-OH is 3. The van der Waals surface area contributed by atoms with Gasteiger partial charge in [0.25, 0.3) is 5.56 Å². The normalized spacial score (nSPS) is 31.3. The largest absolute Gasteiger partial charge is 0.472 e. The van der Waals surface area contributed by atoms with Crippen molar-refractivity contribution < 1.29 is 43.3 Å². The molecule has 0 saturated carbocycles. The first kappa shape index (κ1) is 28.8. The third kappa shape index (κ3) is 4.71. The molecule has 8 atom stereocenters. The number of nitrogens with two attached hydrogens (primary N) is 2.